The minimum Gasteiger partial charge on any atom is -0.362 e. The van der Waals surface area contributed by atoms with E-state index in [4.69, 9.17) is 5.53 Å². The summed E-state index contributed by atoms with van der Waals surface area (Å²) in [5.74, 6) is 0. The average Bonchev–Trinajstić information content (AvgIpc) is 1.87. The van der Waals surface area contributed by atoms with Crippen molar-refractivity contribution in [2.45, 2.75) is 44.9 Å². The summed E-state index contributed by atoms with van der Waals surface area (Å²) < 4.78 is 0. The zero-order valence-electron chi connectivity index (χ0n) is 6.34. The fourth-order valence-electron chi connectivity index (χ4n) is 1.41. The molecular weight excluding hydrogens is 124 g/mol. The lowest BCUT2D eigenvalue weighted by molar-refractivity contribution is -0.0121. The SMILES string of the molecule is [N-]=[N+]=C1CCCCCCC1. The Morgan fingerprint density at radius 2 is 1.40 bits per heavy atom. The topological polar surface area (TPSA) is 36.4 Å². The third kappa shape index (κ3) is 2.32. The highest BCUT2D eigenvalue weighted by Gasteiger charge is 2.09. The first-order chi connectivity index (χ1) is 4.93. The minimum absolute atomic E-state index is 1.000. The van der Waals surface area contributed by atoms with Gasteiger partial charge >= 0.3 is 0 Å². The molecule has 0 atom stereocenters. The van der Waals surface area contributed by atoms with Gasteiger partial charge in [-0.3, -0.25) is 0 Å². The molecule has 0 aromatic heterocycles. The van der Waals surface area contributed by atoms with E-state index in [2.05, 4.69) is 4.79 Å². The Morgan fingerprint density at radius 3 is 1.90 bits per heavy atom. The van der Waals surface area contributed by atoms with E-state index in [1.807, 2.05) is 0 Å². The maximum absolute atomic E-state index is 8.50. The molecule has 56 valence electrons. The van der Waals surface area contributed by atoms with Gasteiger partial charge in [-0.1, -0.05) is 19.3 Å². The highest BCUT2D eigenvalue weighted by Crippen LogP contribution is 2.13. The quantitative estimate of drug-likeness (QED) is 0.364. The van der Waals surface area contributed by atoms with E-state index in [-0.39, 0.29) is 0 Å². The van der Waals surface area contributed by atoms with Crippen molar-refractivity contribution in [1.29, 1.82) is 0 Å². The molecule has 0 N–H and O–H groups in total. The molecule has 1 saturated carbocycles. The van der Waals surface area contributed by atoms with Gasteiger partial charge in [-0.25, -0.2) is 0 Å². The minimum atomic E-state index is 1.000. The van der Waals surface area contributed by atoms with E-state index >= 15 is 0 Å². The molecule has 1 aliphatic carbocycles. The van der Waals surface area contributed by atoms with Crippen LogP contribution < -0.4 is 0 Å². The fourth-order valence-corrected chi connectivity index (χ4v) is 1.41. The highest BCUT2D eigenvalue weighted by molar-refractivity contribution is 5.78. The summed E-state index contributed by atoms with van der Waals surface area (Å²) >= 11 is 0. The second-order valence-corrected chi connectivity index (χ2v) is 2.93. The van der Waals surface area contributed by atoms with Crippen molar-refractivity contribution in [3.8, 4) is 0 Å². The summed E-state index contributed by atoms with van der Waals surface area (Å²) in [6.07, 6.45) is 8.41. The molecule has 2 heteroatoms. The van der Waals surface area contributed by atoms with Gasteiger partial charge in [0.2, 0.25) is 0 Å². The van der Waals surface area contributed by atoms with E-state index in [1.54, 1.807) is 0 Å². The van der Waals surface area contributed by atoms with Crippen LogP contribution in [-0.2, 0) is 0 Å². The van der Waals surface area contributed by atoms with E-state index in [1.165, 1.54) is 32.1 Å². The van der Waals surface area contributed by atoms with Gasteiger partial charge < -0.3 is 5.53 Å². The first-order valence-electron chi connectivity index (χ1n) is 4.13. The smallest absolute Gasteiger partial charge is 0.268 e. The highest BCUT2D eigenvalue weighted by atomic mass is 14.9. The molecule has 1 fully saturated rings. The second-order valence-electron chi connectivity index (χ2n) is 2.93. The second kappa shape index (κ2) is 4.24. The Morgan fingerprint density at radius 1 is 0.900 bits per heavy atom. The molecule has 1 aliphatic rings. The van der Waals surface area contributed by atoms with Crippen molar-refractivity contribution in [3.05, 3.63) is 5.53 Å². The molecule has 0 heterocycles. The molecule has 2 nitrogen and oxygen atoms in total. The molecule has 0 aliphatic heterocycles. The van der Waals surface area contributed by atoms with Gasteiger partial charge in [0.25, 0.3) is 5.71 Å². The van der Waals surface area contributed by atoms with E-state index < -0.39 is 0 Å². The largest absolute Gasteiger partial charge is 0.362 e. The normalized spacial score (nSPS) is 21.0. The van der Waals surface area contributed by atoms with Crippen LogP contribution in [0.2, 0.25) is 0 Å². The number of hydrogen-bond donors (Lipinski definition) is 0. The molecule has 10 heavy (non-hydrogen) atoms. The molecule has 0 spiro atoms. The maximum Gasteiger partial charge on any atom is 0.268 e. The van der Waals surface area contributed by atoms with Crippen LogP contribution in [0.25, 0.3) is 5.53 Å². The van der Waals surface area contributed by atoms with E-state index in [9.17, 15) is 0 Å². The first-order valence-corrected chi connectivity index (χ1v) is 4.13. The zero-order chi connectivity index (χ0) is 7.23. The first kappa shape index (κ1) is 7.49. The molecular formula is C8H14N2. The van der Waals surface area contributed by atoms with E-state index in [0.717, 1.165) is 18.6 Å². The van der Waals surface area contributed by atoms with Crippen LogP contribution in [0.4, 0.5) is 0 Å². The molecule has 0 bridgehead atoms. The lowest BCUT2D eigenvalue weighted by atomic mass is 9.99. The van der Waals surface area contributed by atoms with Crippen LogP contribution in [-0.4, -0.2) is 10.5 Å². The Hall–Kier alpha value is -0.620. The maximum atomic E-state index is 8.50. The van der Waals surface area contributed by atoms with Crippen molar-refractivity contribution >= 4 is 5.71 Å². The molecule has 0 unspecified atom stereocenters. The van der Waals surface area contributed by atoms with Crippen molar-refractivity contribution in [3.63, 3.8) is 0 Å². The summed E-state index contributed by atoms with van der Waals surface area (Å²) in [5, 5.41) is 0. The molecule has 0 aromatic carbocycles. The van der Waals surface area contributed by atoms with Crippen LogP contribution in [0, 0.1) is 0 Å². The van der Waals surface area contributed by atoms with Gasteiger partial charge in [0.1, 0.15) is 0 Å². The average molecular weight is 138 g/mol. The lowest BCUT2D eigenvalue weighted by Crippen LogP contribution is -2.02. The third-order valence-corrected chi connectivity index (χ3v) is 2.07. The Labute approximate surface area is 61.9 Å². The van der Waals surface area contributed by atoms with Crippen molar-refractivity contribution < 1.29 is 4.79 Å². The van der Waals surface area contributed by atoms with E-state index in [0.29, 0.717) is 0 Å². The summed E-state index contributed by atoms with van der Waals surface area (Å²) in [4.78, 5) is 3.27. The summed E-state index contributed by atoms with van der Waals surface area (Å²) in [6, 6.07) is 0. The van der Waals surface area contributed by atoms with Gasteiger partial charge in [-0.2, -0.15) is 4.79 Å². The zero-order valence-corrected chi connectivity index (χ0v) is 6.34. The van der Waals surface area contributed by atoms with Crippen LogP contribution in [0.15, 0.2) is 0 Å². The van der Waals surface area contributed by atoms with Crippen LogP contribution in [0.1, 0.15) is 44.9 Å². The lowest BCUT2D eigenvalue weighted by Gasteiger charge is -2.03. The molecule has 1 rings (SSSR count). The summed E-state index contributed by atoms with van der Waals surface area (Å²) in [5.41, 5.74) is 9.50. The molecule has 0 aromatic rings. The predicted molar refractivity (Wildman–Crippen MR) is 40.9 cm³/mol. The van der Waals surface area contributed by atoms with Gasteiger partial charge in [0.15, 0.2) is 0 Å². The summed E-state index contributed by atoms with van der Waals surface area (Å²) in [6.45, 7) is 0. The van der Waals surface area contributed by atoms with Crippen LogP contribution in [0.5, 0.6) is 0 Å². The van der Waals surface area contributed by atoms with Gasteiger partial charge in [-0.15, -0.1) is 0 Å². The Kier molecular flexibility index (Phi) is 3.17. The molecule has 0 amide bonds. The number of nitrogens with zero attached hydrogens (tertiary/aromatic N) is 2. The Bertz CT molecular complexity index is 135. The summed E-state index contributed by atoms with van der Waals surface area (Å²) in [7, 11) is 0. The molecule has 0 radical (unpaired) electrons. The van der Waals surface area contributed by atoms with Crippen molar-refractivity contribution in [2.75, 3.05) is 0 Å². The van der Waals surface area contributed by atoms with Crippen molar-refractivity contribution in [1.82, 2.24) is 0 Å². The van der Waals surface area contributed by atoms with Gasteiger partial charge in [-0.05, 0) is 12.8 Å². The molecule has 0 saturated heterocycles. The van der Waals surface area contributed by atoms with Crippen LogP contribution >= 0.6 is 0 Å². The van der Waals surface area contributed by atoms with Crippen molar-refractivity contribution in [2.24, 2.45) is 0 Å². The standard InChI is InChI=1S/C8H14N2/c9-10-8-6-4-2-1-3-5-7-8/h1-7H2. The predicted octanol–water partition coefficient (Wildman–Crippen LogP) is 2.40. The monoisotopic (exact) mass is 138 g/mol. The van der Waals surface area contributed by atoms with Gasteiger partial charge in [0.05, 0.1) is 0 Å². The fraction of sp³-hybridized carbons (Fsp3) is 0.875. The number of rotatable bonds is 0. The van der Waals surface area contributed by atoms with Gasteiger partial charge in [0, 0.05) is 12.8 Å². The third-order valence-electron chi connectivity index (χ3n) is 2.07. The number of hydrogen-bond acceptors (Lipinski definition) is 0. The van der Waals surface area contributed by atoms with Crippen LogP contribution in [0.3, 0.4) is 0 Å². The Balaban J connectivity index is 2.37.